The highest BCUT2D eigenvalue weighted by molar-refractivity contribution is 9.10. The van der Waals surface area contributed by atoms with Crippen LogP contribution < -0.4 is 5.32 Å². The van der Waals surface area contributed by atoms with Gasteiger partial charge in [0.1, 0.15) is 9.84 Å². The molecule has 1 rings (SSSR count). The molecular weight excluding hydrogens is 290 g/mol. The lowest BCUT2D eigenvalue weighted by Crippen LogP contribution is -2.12. The summed E-state index contributed by atoms with van der Waals surface area (Å²) in [4.78, 5) is 0. The molecule has 0 atom stereocenters. The highest BCUT2D eigenvalue weighted by Gasteiger charge is 2.05. The van der Waals surface area contributed by atoms with Crippen LogP contribution in [0.3, 0.4) is 0 Å². The van der Waals surface area contributed by atoms with Crippen molar-refractivity contribution in [2.24, 2.45) is 0 Å². The van der Waals surface area contributed by atoms with Gasteiger partial charge in [-0.05, 0) is 30.7 Å². The zero-order valence-corrected chi connectivity index (χ0v) is 11.6. The van der Waals surface area contributed by atoms with E-state index in [9.17, 15) is 8.42 Å². The Balaban J connectivity index is 2.29. The molecule has 1 aromatic carbocycles. The molecule has 0 saturated heterocycles. The van der Waals surface area contributed by atoms with Crippen molar-refractivity contribution in [1.82, 2.24) is 0 Å². The van der Waals surface area contributed by atoms with Crippen molar-refractivity contribution >= 4 is 31.5 Å². The van der Waals surface area contributed by atoms with E-state index in [-0.39, 0.29) is 11.5 Å². The lowest BCUT2D eigenvalue weighted by atomic mass is 10.3. The zero-order valence-electron chi connectivity index (χ0n) is 9.24. The van der Waals surface area contributed by atoms with E-state index in [2.05, 4.69) is 21.2 Å². The number of anilines is 1. The highest BCUT2D eigenvalue weighted by atomic mass is 79.9. The van der Waals surface area contributed by atoms with Gasteiger partial charge in [-0.2, -0.15) is 0 Å². The summed E-state index contributed by atoms with van der Waals surface area (Å²) in [5.41, 5.74) is 1.01. The predicted octanol–water partition coefficient (Wildman–Crippen LogP) is 2.69. The second kappa shape index (κ2) is 6.25. The van der Waals surface area contributed by atoms with E-state index in [1.807, 2.05) is 24.3 Å². The van der Waals surface area contributed by atoms with E-state index in [1.54, 1.807) is 6.92 Å². The molecule has 0 bridgehead atoms. The van der Waals surface area contributed by atoms with Gasteiger partial charge < -0.3 is 5.32 Å². The van der Waals surface area contributed by atoms with Crippen LogP contribution in [0.1, 0.15) is 13.3 Å². The Morgan fingerprint density at radius 2 is 1.88 bits per heavy atom. The average Bonchev–Trinajstić information content (AvgIpc) is 2.27. The SMILES string of the molecule is CCS(=O)(=O)CCCNc1ccc(Br)cc1. The van der Waals surface area contributed by atoms with Gasteiger partial charge in [0, 0.05) is 22.5 Å². The third-order valence-electron chi connectivity index (χ3n) is 2.25. The lowest BCUT2D eigenvalue weighted by molar-refractivity contribution is 0.595. The first-order valence-electron chi connectivity index (χ1n) is 5.23. The van der Waals surface area contributed by atoms with Crippen molar-refractivity contribution in [1.29, 1.82) is 0 Å². The molecule has 0 aliphatic rings. The summed E-state index contributed by atoms with van der Waals surface area (Å²) >= 11 is 3.36. The van der Waals surface area contributed by atoms with Crippen LogP contribution in [0.5, 0.6) is 0 Å². The van der Waals surface area contributed by atoms with Gasteiger partial charge in [-0.3, -0.25) is 0 Å². The summed E-state index contributed by atoms with van der Waals surface area (Å²) in [6.45, 7) is 2.36. The fraction of sp³-hybridized carbons (Fsp3) is 0.455. The number of sulfone groups is 1. The van der Waals surface area contributed by atoms with E-state index >= 15 is 0 Å². The largest absolute Gasteiger partial charge is 0.385 e. The Labute approximate surface area is 105 Å². The van der Waals surface area contributed by atoms with E-state index in [4.69, 9.17) is 0 Å². The second-order valence-corrected chi connectivity index (χ2v) is 6.91. The maximum atomic E-state index is 11.2. The zero-order chi connectivity index (χ0) is 12.0. The van der Waals surface area contributed by atoms with Crippen LogP contribution in [-0.4, -0.2) is 26.5 Å². The van der Waals surface area contributed by atoms with E-state index in [0.29, 0.717) is 13.0 Å². The molecule has 1 N–H and O–H groups in total. The van der Waals surface area contributed by atoms with Gasteiger partial charge in [-0.1, -0.05) is 22.9 Å². The van der Waals surface area contributed by atoms with Crippen molar-refractivity contribution in [3.63, 3.8) is 0 Å². The molecular formula is C11H16BrNO2S. The summed E-state index contributed by atoms with van der Waals surface area (Å²) in [5, 5.41) is 3.18. The molecule has 0 radical (unpaired) electrons. The van der Waals surface area contributed by atoms with Crippen LogP contribution in [0.4, 0.5) is 5.69 Å². The molecule has 16 heavy (non-hydrogen) atoms. The molecule has 0 saturated carbocycles. The molecule has 5 heteroatoms. The van der Waals surface area contributed by atoms with Crippen LogP contribution in [0, 0.1) is 0 Å². The number of halogens is 1. The summed E-state index contributed by atoms with van der Waals surface area (Å²) in [7, 11) is -2.83. The van der Waals surface area contributed by atoms with Crippen molar-refractivity contribution in [3.8, 4) is 0 Å². The topological polar surface area (TPSA) is 46.2 Å². The maximum Gasteiger partial charge on any atom is 0.150 e. The first kappa shape index (κ1) is 13.5. The third kappa shape index (κ3) is 4.99. The molecule has 0 spiro atoms. The Kier molecular flexibility index (Phi) is 5.28. The van der Waals surface area contributed by atoms with E-state index < -0.39 is 9.84 Å². The lowest BCUT2D eigenvalue weighted by Gasteiger charge is -2.06. The average molecular weight is 306 g/mol. The summed E-state index contributed by atoms with van der Waals surface area (Å²) < 4.78 is 23.5. The predicted molar refractivity (Wildman–Crippen MR) is 71.6 cm³/mol. The molecule has 0 heterocycles. The summed E-state index contributed by atoms with van der Waals surface area (Å²) in [6.07, 6.45) is 0.645. The fourth-order valence-electron chi connectivity index (χ4n) is 1.24. The first-order valence-corrected chi connectivity index (χ1v) is 7.85. The van der Waals surface area contributed by atoms with Crippen LogP contribution in [0.25, 0.3) is 0 Å². The number of rotatable bonds is 6. The van der Waals surface area contributed by atoms with Gasteiger partial charge in [-0.15, -0.1) is 0 Å². The maximum absolute atomic E-state index is 11.2. The third-order valence-corrected chi connectivity index (χ3v) is 4.56. The van der Waals surface area contributed by atoms with Crippen molar-refractivity contribution in [2.75, 3.05) is 23.4 Å². The Morgan fingerprint density at radius 1 is 1.25 bits per heavy atom. The molecule has 0 amide bonds. The standard InChI is InChI=1S/C11H16BrNO2S/c1-2-16(14,15)9-3-8-13-11-6-4-10(12)5-7-11/h4-7,13H,2-3,8-9H2,1H3. The smallest absolute Gasteiger partial charge is 0.150 e. The second-order valence-electron chi connectivity index (χ2n) is 3.52. The Bertz CT molecular complexity index is 414. The normalized spacial score (nSPS) is 11.4. The number of benzene rings is 1. The van der Waals surface area contributed by atoms with Crippen molar-refractivity contribution < 1.29 is 8.42 Å². The quantitative estimate of drug-likeness (QED) is 0.822. The summed E-state index contributed by atoms with van der Waals surface area (Å²) in [5.74, 6) is 0.484. The van der Waals surface area contributed by atoms with Crippen molar-refractivity contribution in [3.05, 3.63) is 28.7 Å². The Hall–Kier alpha value is -0.550. The molecule has 3 nitrogen and oxygen atoms in total. The Morgan fingerprint density at radius 3 is 2.44 bits per heavy atom. The van der Waals surface area contributed by atoms with Gasteiger partial charge >= 0.3 is 0 Å². The number of hydrogen-bond donors (Lipinski definition) is 1. The highest BCUT2D eigenvalue weighted by Crippen LogP contribution is 2.13. The van der Waals surface area contributed by atoms with Crippen LogP contribution >= 0.6 is 15.9 Å². The fourth-order valence-corrected chi connectivity index (χ4v) is 2.37. The van der Waals surface area contributed by atoms with Crippen molar-refractivity contribution in [2.45, 2.75) is 13.3 Å². The molecule has 0 unspecified atom stereocenters. The van der Waals surface area contributed by atoms with Crippen LogP contribution in [0.15, 0.2) is 28.7 Å². The van der Waals surface area contributed by atoms with Gasteiger partial charge in [0.25, 0.3) is 0 Å². The monoisotopic (exact) mass is 305 g/mol. The number of hydrogen-bond acceptors (Lipinski definition) is 3. The van der Waals surface area contributed by atoms with Crippen LogP contribution in [0.2, 0.25) is 0 Å². The molecule has 0 fully saturated rings. The minimum atomic E-state index is -2.83. The minimum absolute atomic E-state index is 0.227. The van der Waals surface area contributed by atoms with Gasteiger partial charge in [-0.25, -0.2) is 8.42 Å². The van der Waals surface area contributed by atoms with Gasteiger partial charge in [0.2, 0.25) is 0 Å². The minimum Gasteiger partial charge on any atom is -0.385 e. The molecule has 0 aromatic heterocycles. The van der Waals surface area contributed by atoms with E-state index in [0.717, 1.165) is 10.2 Å². The first-order chi connectivity index (χ1) is 7.53. The number of nitrogens with one attached hydrogen (secondary N) is 1. The van der Waals surface area contributed by atoms with Gasteiger partial charge in [0.15, 0.2) is 0 Å². The molecule has 0 aliphatic carbocycles. The molecule has 90 valence electrons. The molecule has 1 aromatic rings. The van der Waals surface area contributed by atoms with Crippen LogP contribution in [-0.2, 0) is 9.84 Å². The summed E-state index contributed by atoms with van der Waals surface area (Å²) in [6, 6.07) is 7.81. The van der Waals surface area contributed by atoms with Gasteiger partial charge in [0.05, 0.1) is 5.75 Å². The van der Waals surface area contributed by atoms with E-state index in [1.165, 1.54) is 0 Å². The molecule has 0 aliphatic heterocycles.